The van der Waals surface area contributed by atoms with Crippen LogP contribution in [0, 0.1) is 0 Å². The van der Waals surface area contributed by atoms with Crippen molar-refractivity contribution in [2.24, 2.45) is 0 Å². The third-order valence-electron chi connectivity index (χ3n) is 1.99. The van der Waals surface area contributed by atoms with Crippen LogP contribution in [0.3, 0.4) is 0 Å². The first-order chi connectivity index (χ1) is 7.08. The minimum absolute atomic E-state index is 0.839. The predicted molar refractivity (Wildman–Crippen MR) is 75.5 cm³/mol. The van der Waals surface area contributed by atoms with Crippen molar-refractivity contribution in [3.05, 3.63) is 0 Å². The van der Waals surface area contributed by atoms with Crippen LogP contribution in [0.4, 0.5) is 0 Å². The van der Waals surface area contributed by atoms with E-state index in [4.69, 9.17) is 33.7 Å². The first-order valence-electron chi connectivity index (χ1n) is 4.78. The summed E-state index contributed by atoms with van der Waals surface area (Å²) in [6, 6.07) is 0. The van der Waals surface area contributed by atoms with Crippen molar-refractivity contribution in [3.63, 3.8) is 0 Å². The van der Waals surface area contributed by atoms with Crippen molar-refractivity contribution in [1.82, 2.24) is 13.3 Å². The number of nitrogens with zero attached hydrogens (tertiary/aromatic N) is 3. The second-order valence-electron chi connectivity index (χ2n) is 2.79. The highest BCUT2D eigenvalue weighted by atomic mass is 35.7. The minimum Gasteiger partial charge on any atom is -0.209 e. The van der Waals surface area contributed by atoms with Crippen LogP contribution >= 0.6 is 56.4 Å². The lowest BCUT2D eigenvalue weighted by atomic mass is 10.8. The maximum Gasteiger partial charge on any atom is 0.151 e. The van der Waals surface area contributed by atoms with Gasteiger partial charge in [-0.15, -0.1) is 0 Å². The smallest absolute Gasteiger partial charge is 0.151 e. The molecule has 0 amide bonds. The van der Waals surface area contributed by atoms with Crippen LogP contribution < -0.4 is 0 Å². The molecule has 9 heteroatoms. The molecule has 1 fully saturated rings. The molecule has 0 aromatic rings. The Hall–Kier alpha value is 2.04. The fourth-order valence-corrected chi connectivity index (χ4v) is 13.4. The van der Waals surface area contributed by atoms with Gasteiger partial charge in [0.05, 0.1) is 0 Å². The van der Waals surface area contributed by atoms with E-state index in [0.717, 1.165) is 19.6 Å². The van der Waals surface area contributed by atoms with Gasteiger partial charge >= 0.3 is 0 Å². The average molecular weight is 328 g/mol. The molecule has 1 aliphatic heterocycles. The maximum atomic E-state index is 6.41. The van der Waals surface area contributed by atoms with Gasteiger partial charge in [0.15, 0.2) is 22.7 Å². The van der Waals surface area contributed by atoms with E-state index >= 15 is 0 Å². The lowest BCUT2D eigenvalue weighted by Crippen LogP contribution is -2.31. The molecule has 0 aliphatic carbocycles. The van der Waals surface area contributed by atoms with Gasteiger partial charge in [-0.1, -0.05) is 54.5 Å². The fourth-order valence-electron chi connectivity index (χ4n) is 1.24. The summed E-state index contributed by atoms with van der Waals surface area (Å²) in [6.45, 7) is 8.86. The maximum absolute atomic E-state index is 6.41. The summed E-state index contributed by atoms with van der Waals surface area (Å²) in [6.07, 6.45) is 0. The molecular weight excluding hydrogens is 313 g/mol. The first-order valence-corrected chi connectivity index (χ1v) is 11.2. The predicted octanol–water partition coefficient (Wildman–Crippen LogP) is 5.36. The van der Waals surface area contributed by atoms with E-state index in [1.54, 1.807) is 0 Å². The normalized spacial score (nSPS) is 36.0. The summed E-state index contributed by atoms with van der Waals surface area (Å²) in [5, 5.41) is 0. The Bertz CT molecular complexity index is 168. The van der Waals surface area contributed by atoms with Gasteiger partial charge in [-0.25, -0.2) is 13.3 Å². The summed E-state index contributed by atoms with van der Waals surface area (Å²) in [7, 11) is -2.52. The number of hydrogen-bond acceptors (Lipinski definition) is 3. The van der Waals surface area contributed by atoms with Gasteiger partial charge in [0.1, 0.15) is 0 Å². The molecule has 0 aromatic carbocycles. The topological polar surface area (TPSA) is 9.72 Å². The zero-order valence-corrected chi connectivity index (χ0v) is 13.9. The molecule has 90 valence electrons. The summed E-state index contributed by atoms with van der Waals surface area (Å²) < 4.78 is 6.46. The molecule has 1 saturated heterocycles. The number of halogens is 3. The molecule has 15 heavy (non-hydrogen) atoms. The second-order valence-corrected chi connectivity index (χ2v) is 10.8. The second kappa shape index (κ2) is 6.83. The standard InChI is InChI=1S/C6H15Cl3N3P3/c1-4-10-13(7)11(5-2)15(9)12(6-3)14(10)8/h4-6H2,1-3H3. The molecule has 1 aliphatic rings. The minimum atomic E-state index is -0.839. The number of hydrogen-bond donors (Lipinski definition) is 0. The molecule has 0 spiro atoms. The molecule has 0 N–H and O–H groups in total. The molecule has 1 heterocycles. The Labute approximate surface area is 110 Å². The third-order valence-corrected chi connectivity index (χ3v) is 14.2. The lowest BCUT2D eigenvalue weighted by molar-refractivity contribution is 0.584. The van der Waals surface area contributed by atoms with Crippen molar-refractivity contribution in [3.8, 4) is 0 Å². The van der Waals surface area contributed by atoms with Gasteiger partial charge < -0.3 is 0 Å². The molecule has 0 unspecified atom stereocenters. The molecule has 3 nitrogen and oxygen atoms in total. The molecule has 0 aromatic heterocycles. The van der Waals surface area contributed by atoms with E-state index in [-0.39, 0.29) is 0 Å². The Balaban J connectivity index is 2.87. The quantitative estimate of drug-likeness (QED) is 0.645. The Kier molecular flexibility index (Phi) is 6.88. The summed E-state index contributed by atoms with van der Waals surface area (Å²) in [4.78, 5) is 0. The van der Waals surface area contributed by atoms with Crippen LogP contribution in [0.15, 0.2) is 0 Å². The average Bonchev–Trinajstić information content (AvgIpc) is 2.19. The van der Waals surface area contributed by atoms with E-state index < -0.39 is 22.7 Å². The monoisotopic (exact) mass is 327 g/mol. The summed E-state index contributed by atoms with van der Waals surface area (Å²) in [5.74, 6) is 0. The SMILES string of the molecule is CCN1P(Cl)N(CC)P(Cl)N(CC)P1Cl. The van der Waals surface area contributed by atoms with Gasteiger partial charge in [-0.05, 0) is 0 Å². The van der Waals surface area contributed by atoms with Crippen LogP contribution in [0.5, 0.6) is 0 Å². The highest BCUT2D eigenvalue weighted by Crippen LogP contribution is 2.81. The van der Waals surface area contributed by atoms with Gasteiger partial charge in [-0.2, -0.15) is 0 Å². The van der Waals surface area contributed by atoms with E-state index in [9.17, 15) is 0 Å². The zero-order chi connectivity index (χ0) is 11.6. The third kappa shape index (κ3) is 3.08. The van der Waals surface area contributed by atoms with E-state index in [1.165, 1.54) is 0 Å². The Morgan fingerprint density at radius 3 is 1.00 bits per heavy atom. The van der Waals surface area contributed by atoms with Gasteiger partial charge in [-0.3, -0.25) is 0 Å². The first kappa shape index (κ1) is 15.1. The van der Waals surface area contributed by atoms with E-state index in [1.807, 2.05) is 0 Å². The van der Waals surface area contributed by atoms with Gasteiger partial charge in [0.25, 0.3) is 0 Å². The largest absolute Gasteiger partial charge is 0.209 e. The number of rotatable bonds is 3. The highest BCUT2D eigenvalue weighted by Gasteiger charge is 2.43. The van der Waals surface area contributed by atoms with Crippen LogP contribution in [-0.2, 0) is 0 Å². The molecular formula is C6H15Cl3N3P3. The van der Waals surface area contributed by atoms with Crippen LogP contribution in [0.2, 0.25) is 0 Å². The van der Waals surface area contributed by atoms with Crippen LogP contribution in [0.25, 0.3) is 0 Å². The molecule has 0 bridgehead atoms. The highest BCUT2D eigenvalue weighted by molar-refractivity contribution is 8.05. The van der Waals surface area contributed by atoms with Crippen molar-refractivity contribution in [1.29, 1.82) is 0 Å². The fraction of sp³-hybridized carbons (Fsp3) is 1.00. The van der Waals surface area contributed by atoms with Gasteiger partial charge in [0, 0.05) is 19.6 Å². The van der Waals surface area contributed by atoms with Crippen molar-refractivity contribution in [2.45, 2.75) is 20.8 Å². The van der Waals surface area contributed by atoms with Crippen molar-refractivity contribution >= 4 is 56.4 Å². The zero-order valence-electron chi connectivity index (χ0n) is 8.94. The van der Waals surface area contributed by atoms with Crippen molar-refractivity contribution < 1.29 is 0 Å². The summed E-state index contributed by atoms with van der Waals surface area (Å²) >= 11 is 19.2. The molecule has 0 radical (unpaired) electrons. The lowest BCUT2D eigenvalue weighted by Gasteiger charge is -2.48. The van der Waals surface area contributed by atoms with E-state index in [2.05, 4.69) is 34.1 Å². The summed E-state index contributed by atoms with van der Waals surface area (Å²) in [5.41, 5.74) is 0. The Morgan fingerprint density at radius 1 is 0.667 bits per heavy atom. The molecule has 0 saturated carbocycles. The van der Waals surface area contributed by atoms with Crippen molar-refractivity contribution in [2.75, 3.05) is 19.6 Å². The van der Waals surface area contributed by atoms with E-state index in [0.29, 0.717) is 0 Å². The van der Waals surface area contributed by atoms with Crippen LogP contribution in [-0.4, -0.2) is 33.0 Å². The Morgan fingerprint density at radius 2 is 0.867 bits per heavy atom. The molecule has 0 atom stereocenters. The van der Waals surface area contributed by atoms with Crippen LogP contribution in [0.1, 0.15) is 20.8 Å². The molecule has 1 rings (SSSR count). The van der Waals surface area contributed by atoms with Gasteiger partial charge in [0.2, 0.25) is 0 Å².